The molecule has 3 heterocycles. The molecule has 0 unspecified atom stereocenters. The molecule has 2 N–H and O–H groups in total. The van der Waals surface area contributed by atoms with E-state index < -0.39 is 38.5 Å². The van der Waals surface area contributed by atoms with Crippen LogP contribution in [0, 0.1) is 0 Å². The number of imidazole rings is 1. The summed E-state index contributed by atoms with van der Waals surface area (Å²) >= 11 is 0. The molecule has 2 aromatic heterocycles. The molecule has 6 aromatic rings. The van der Waals surface area contributed by atoms with Crippen molar-refractivity contribution in [2.45, 2.75) is 88.3 Å². The first-order chi connectivity index (χ1) is 28.9. The van der Waals surface area contributed by atoms with Crippen molar-refractivity contribution in [1.82, 2.24) is 19.5 Å². The van der Waals surface area contributed by atoms with Crippen molar-refractivity contribution in [3.63, 3.8) is 0 Å². The molecule has 0 radical (unpaired) electrons. The van der Waals surface area contributed by atoms with Gasteiger partial charge in [-0.25, -0.2) is 15.0 Å². The number of aliphatic hydroxyl groups excluding tert-OH is 1. The second kappa shape index (κ2) is 18.0. The number of hydrogen-bond acceptors (Lipinski definition) is 10. The standard InChI is InChI=1S/C47H55N5O7Si/c1-30(2)60(31(3)4,32(5)6)59-42-41(53)39(58-46(42)52-29-50-40-43(48-28-49-44(40)52)51-45(54)33-15-11-9-12-16-33)27-57-47(34-17-13-10-14-18-34,35-19-23-37(55-7)24-20-35)36-21-25-38(56-8)26-22-36/h9-26,28-32,39,41-42,46,53H,27H2,1-8H3,(H,48,49,51,54)/t39-,41-,42-,46-/m1/s1. The molecule has 4 atom stereocenters. The number of nitrogens with zero attached hydrogens (tertiary/aromatic N) is 4. The number of nitrogens with one attached hydrogen (secondary N) is 1. The van der Waals surface area contributed by atoms with E-state index in [2.05, 4.69) is 56.8 Å². The van der Waals surface area contributed by atoms with Gasteiger partial charge in [0.15, 0.2) is 23.2 Å². The van der Waals surface area contributed by atoms with Gasteiger partial charge in [-0.2, -0.15) is 0 Å². The average molecular weight is 830 g/mol. The van der Waals surface area contributed by atoms with E-state index in [-0.39, 0.29) is 35.0 Å². The number of carbonyl (C=O) groups is 1. The van der Waals surface area contributed by atoms with E-state index in [0.717, 1.165) is 16.7 Å². The van der Waals surface area contributed by atoms with Crippen LogP contribution < -0.4 is 14.8 Å². The number of benzene rings is 4. The fourth-order valence-corrected chi connectivity index (χ4v) is 14.6. The van der Waals surface area contributed by atoms with Crippen LogP contribution in [0.25, 0.3) is 11.2 Å². The van der Waals surface area contributed by atoms with Crippen LogP contribution in [0.15, 0.2) is 122 Å². The molecule has 7 rings (SSSR count). The van der Waals surface area contributed by atoms with Crippen LogP contribution >= 0.6 is 0 Å². The molecule has 60 heavy (non-hydrogen) atoms. The Morgan fingerprint density at radius 2 is 1.30 bits per heavy atom. The van der Waals surface area contributed by atoms with Gasteiger partial charge in [-0.1, -0.05) is 114 Å². The SMILES string of the molecule is COc1ccc(C(OC[C@H]2O[C@@H](n3cnc4c(NC(=O)c5ccccc5)ncnc43)[C@H](O[Si](C(C)C)(C(C)C)C(C)C)[C@@H]2O)(c2ccccc2)c2ccc(OC)cc2)cc1. The van der Waals surface area contributed by atoms with Gasteiger partial charge in [-0.05, 0) is 69.7 Å². The number of anilines is 1. The van der Waals surface area contributed by atoms with Crippen molar-refractivity contribution in [1.29, 1.82) is 0 Å². The Bertz CT molecular complexity index is 2270. The summed E-state index contributed by atoms with van der Waals surface area (Å²) in [5.41, 5.74) is 3.37. The number of amides is 1. The highest BCUT2D eigenvalue weighted by Gasteiger charge is 2.54. The van der Waals surface area contributed by atoms with E-state index in [1.165, 1.54) is 6.33 Å². The quantitative estimate of drug-likeness (QED) is 0.0718. The fraction of sp³-hybridized carbons (Fsp3) is 0.362. The van der Waals surface area contributed by atoms with Gasteiger partial charge in [0.05, 0.1) is 27.2 Å². The van der Waals surface area contributed by atoms with Gasteiger partial charge in [0.1, 0.15) is 41.7 Å². The minimum absolute atomic E-state index is 0.0237. The molecule has 1 amide bonds. The van der Waals surface area contributed by atoms with Crippen molar-refractivity contribution < 1.29 is 33.3 Å². The minimum Gasteiger partial charge on any atom is -0.497 e. The summed E-state index contributed by atoms with van der Waals surface area (Å²) in [6.45, 7) is 13.2. The van der Waals surface area contributed by atoms with Crippen LogP contribution in [-0.4, -0.2) is 78.0 Å². The van der Waals surface area contributed by atoms with E-state index in [4.69, 9.17) is 28.4 Å². The Labute approximate surface area is 353 Å². The van der Waals surface area contributed by atoms with Crippen LogP contribution in [-0.2, 0) is 19.5 Å². The first-order valence-electron chi connectivity index (χ1n) is 20.5. The molecule has 0 saturated carbocycles. The largest absolute Gasteiger partial charge is 0.497 e. The molecule has 1 aliphatic heterocycles. The first-order valence-corrected chi connectivity index (χ1v) is 22.6. The maximum absolute atomic E-state index is 13.2. The Kier molecular flexibility index (Phi) is 12.8. The second-order valence-corrected chi connectivity index (χ2v) is 21.5. The van der Waals surface area contributed by atoms with Gasteiger partial charge < -0.3 is 33.8 Å². The number of rotatable bonds is 16. The van der Waals surface area contributed by atoms with Gasteiger partial charge in [-0.15, -0.1) is 0 Å². The minimum atomic E-state index is -2.62. The number of fused-ring (bicyclic) bond motifs is 1. The third-order valence-electron chi connectivity index (χ3n) is 11.9. The van der Waals surface area contributed by atoms with Gasteiger partial charge in [-0.3, -0.25) is 9.36 Å². The number of hydrogen-bond donors (Lipinski definition) is 2. The molecule has 0 aliphatic carbocycles. The van der Waals surface area contributed by atoms with Crippen LogP contribution in [0.4, 0.5) is 5.82 Å². The predicted molar refractivity (Wildman–Crippen MR) is 234 cm³/mol. The molecule has 0 spiro atoms. The van der Waals surface area contributed by atoms with Crippen LogP contribution in [0.5, 0.6) is 11.5 Å². The Morgan fingerprint density at radius 3 is 1.83 bits per heavy atom. The van der Waals surface area contributed by atoms with E-state index in [1.807, 2.05) is 84.9 Å². The third-order valence-corrected chi connectivity index (χ3v) is 18.0. The van der Waals surface area contributed by atoms with Gasteiger partial charge >= 0.3 is 0 Å². The lowest BCUT2D eigenvalue weighted by Gasteiger charge is -2.45. The lowest BCUT2D eigenvalue weighted by molar-refractivity contribution is -0.0940. The normalized spacial score (nSPS) is 18.4. The zero-order valence-electron chi connectivity index (χ0n) is 35.5. The highest BCUT2D eigenvalue weighted by Crippen LogP contribution is 2.48. The van der Waals surface area contributed by atoms with Gasteiger partial charge in [0.2, 0.25) is 8.32 Å². The maximum Gasteiger partial charge on any atom is 0.256 e. The molecule has 1 fully saturated rings. The molecule has 1 aliphatic rings. The fourth-order valence-electron chi connectivity index (χ4n) is 9.03. The average Bonchev–Trinajstić information content (AvgIpc) is 3.84. The summed E-state index contributed by atoms with van der Waals surface area (Å²) in [6, 6.07) is 34.6. The molecule has 4 aromatic carbocycles. The van der Waals surface area contributed by atoms with Crippen LogP contribution in [0.1, 0.15) is 74.8 Å². The molecule has 13 heteroatoms. The third kappa shape index (κ3) is 7.95. The molecular weight excluding hydrogens is 775 g/mol. The van der Waals surface area contributed by atoms with Crippen molar-refractivity contribution in [3.05, 3.63) is 144 Å². The molecule has 0 bridgehead atoms. The summed E-state index contributed by atoms with van der Waals surface area (Å²) in [6.07, 6.45) is -0.649. The zero-order valence-corrected chi connectivity index (χ0v) is 36.5. The Hall–Kier alpha value is -5.44. The van der Waals surface area contributed by atoms with E-state index >= 15 is 0 Å². The molecule has 12 nitrogen and oxygen atoms in total. The summed E-state index contributed by atoms with van der Waals surface area (Å²) in [7, 11) is 0.657. The van der Waals surface area contributed by atoms with Gasteiger partial charge in [0.25, 0.3) is 5.91 Å². The number of ether oxygens (including phenoxy) is 4. The van der Waals surface area contributed by atoms with Crippen LogP contribution in [0.3, 0.4) is 0 Å². The van der Waals surface area contributed by atoms with Crippen molar-refractivity contribution in [2.75, 3.05) is 26.1 Å². The predicted octanol–water partition coefficient (Wildman–Crippen LogP) is 8.92. The number of aromatic nitrogens is 4. The topological polar surface area (TPSA) is 139 Å². The zero-order chi connectivity index (χ0) is 42.6. The summed E-state index contributed by atoms with van der Waals surface area (Å²) < 4.78 is 34.5. The first kappa shape index (κ1) is 42.7. The number of methoxy groups -OCH3 is 2. The molecular formula is C47H55N5O7Si. The molecule has 314 valence electrons. The Balaban J connectivity index is 1.31. The highest BCUT2D eigenvalue weighted by molar-refractivity contribution is 6.77. The van der Waals surface area contributed by atoms with Crippen molar-refractivity contribution >= 4 is 31.2 Å². The smallest absolute Gasteiger partial charge is 0.256 e. The van der Waals surface area contributed by atoms with Gasteiger partial charge in [0, 0.05) is 5.56 Å². The van der Waals surface area contributed by atoms with E-state index in [9.17, 15) is 9.90 Å². The van der Waals surface area contributed by atoms with Crippen molar-refractivity contribution in [2.24, 2.45) is 0 Å². The van der Waals surface area contributed by atoms with E-state index in [0.29, 0.717) is 28.2 Å². The summed E-state index contributed by atoms with van der Waals surface area (Å²) in [4.78, 5) is 26.9. The second-order valence-electron chi connectivity index (χ2n) is 16.1. The number of aliphatic hydroxyl groups is 1. The maximum atomic E-state index is 13.2. The lowest BCUT2D eigenvalue weighted by Crippen LogP contribution is -2.53. The monoisotopic (exact) mass is 829 g/mol. The number of carbonyl (C=O) groups excluding carboxylic acids is 1. The molecule has 1 saturated heterocycles. The van der Waals surface area contributed by atoms with Crippen molar-refractivity contribution in [3.8, 4) is 11.5 Å². The van der Waals surface area contributed by atoms with E-state index in [1.54, 1.807) is 49.4 Å². The Morgan fingerprint density at radius 1 is 0.767 bits per heavy atom. The highest BCUT2D eigenvalue weighted by atomic mass is 28.4. The van der Waals surface area contributed by atoms with Crippen LogP contribution in [0.2, 0.25) is 16.6 Å². The lowest BCUT2D eigenvalue weighted by atomic mass is 9.80. The summed E-state index contributed by atoms with van der Waals surface area (Å²) in [5.74, 6) is 1.35. The summed E-state index contributed by atoms with van der Waals surface area (Å²) in [5, 5.41) is 15.5.